The molecule has 0 aromatic carbocycles. The van der Waals surface area contributed by atoms with Crippen LogP contribution in [0.1, 0.15) is 59.3 Å². The third-order valence-corrected chi connectivity index (χ3v) is 9.64. The number of carbonyl (C=O) groups is 1. The molecule has 4 rings (SSSR count). The third-order valence-electron chi connectivity index (χ3n) is 8.78. The van der Waals surface area contributed by atoms with Gasteiger partial charge in [-0.05, 0) is 67.3 Å². The Hall–Kier alpha value is -0.310. The molecule has 0 unspecified atom stereocenters. The van der Waals surface area contributed by atoms with E-state index >= 15 is 0 Å². The van der Waals surface area contributed by atoms with E-state index in [4.69, 9.17) is 23.2 Å². The van der Waals surface area contributed by atoms with E-state index in [9.17, 15) is 9.90 Å². The molecular formula is C22H30Cl2O2. The van der Waals surface area contributed by atoms with Gasteiger partial charge in [0.1, 0.15) is 5.60 Å². The Morgan fingerprint density at radius 3 is 2.69 bits per heavy atom. The van der Waals surface area contributed by atoms with Crippen LogP contribution in [0.25, 0.3) is 0 Å². The van der Waals surface area contributed by atoms with E-state index in [1.807, 2.05) is 12.2 Å². The number of hydrogen-bond acceptors (Lipinski definition) is 2. The molecular weight excluding hydrogens is 367 g/mol. The van der Waals surface area contributed by atoms with Gasteiger partial charge in [0.2, 0.25) is 0 Å². The number of halogens is 2. The number of rotatable bonds is 1. The molecule has 0 amide bonds. The molecule has 0 aliphatic heterocycles. The highest BCUT2D eigenvalue weighted by atomic mass is 35.5. The van der Waals surface area contributed by atoms with E-state index in [1.165, 1.54) is 5.57 Å². The average Bonchev–Trinajstić information content (AvgIpc) is 2.60. The van der Waals surface area contributed by atoms with Crippen molar-refractivity contribution in [2.75, 3.05) is 5.88 Å². The molecule has 0 radical (unpaired) electrons. The first-order valence-electron chi connectivity index (χ1n) is 10.1. The summed E-state index contributed by atoms with van der Waals surface area (Å²) in [4.78, 5) is 12.0. The lowest BCUT2D eigenvalue weighted by Gasteiger charge is -2.64. The topological polar surface area (TPSA) is 37.3 Å². The monoisotopic (exact) mass is 396 g/mol. The fraction of sp³-hybridized carbons (Fsp3) is 0.773. The number of fused-ring (bicyclic) bond motifs is 5. The summed E-state index contributed by atoms with van der Waals surface area (Å²) < 4.78 is 0. The first-order chi connectivity index (χ1) is 12.2. The molecule has 0 spiro atoms. The zero-order chi connectivity index (χ0) is 18.9. The smallest absolute Gasteiger partial charge is 0.155 e. The second kappa shape index (κ2) is 6.09. The predicted molar refractivity (Wildman–Crippen MR) is 106 cm³/mol. The molecule has 144 valence electrons. The zero-order valence-electron chi connectivity index (χ0n) is 16.0. The fourth-order valence-corrected chi connectivity index (χ4v) is 7.96. The van der Waals surface area contributed by atoms with Crippen LogP contribution >= 0.6 is 23.2 Å². The molecule has 4 heteroatoms. The summed E-state index contributed by atoms with van der Waals surface area (Å²) in [6, 6.07) is 0. The maximum atomic E-state index is 12.0. The summed E-state index contributed by atoms with van der Waals surface area (Å²) >= 11 is 12.7. The van der Waals surface area contributed by atoms with Crippen molar-refractivity contribution < 1.29 is 9.90 Å². The molecule has 0 aromatic rings. The lowest BCUT2D eigenvalue weighted by Crippen LogP contribution is -2.62. The van der Waals surface area contributed by atoms with Crippen LogP contribution in [0, 0.1) is 34.5 Å². The molecule has 0 heterocycles. The quantitative estimate of drug-likeness (QED) is 0.596. The number of ketones is 1. The van der Waals surface area contributed by atoms with Gasteiger partial charge in [-0.1, -0.05) is 44.0 Å². The summed E-state index contributed by atoms with van der Waals surface area (Å²) in [5, 5.41) is 12.0. The summed E-state index contributed by atoms with van der Waals surface area (Å²) in [7, 11) is 0. The lowest BCUT2D eigenvalue weighted by atomic mass is 9.41. The van der Waals surface area contributed by atoms with Crippen molar-refractivity contribution in [1.82, 2.24) is 0 Å². The minimum absolute atomic E-state index is 0.135. The summed E-state index contributed by atoms with van der Waals surface area (Å²) in [6.45, 7) is 6.93. The number of aliphatic hydroxyl groups is 1. The average molecular weight is 397 g/mol. The van der Waals surface area contributed by atoms with Gasteiger partial charge in [-0.2, -0.15) is 0 Å². The minimum Gasteiger partial charge on any atom is -0.382 e. The molecule has 2 nitrogen and oxygen atoms in total. The molecule has 2 fully saturated rings. The van der Waals surface area contributed by atoms with Crippen molar-refractivity contribution in [2.45, 2.75) is 64.9 Å². The molecule has 26 heavy (non-hydrogen) atoms. The fourth-order valence-electron chi connectivity index (χ4n) is 7.07. The van der Waals surface area contributed by atoms with Crippen LogP contribution in [0.15, 0.2) is 22.8 Å². The number of carbonyl (C=O) groups excluding carboxylic acids is 1. The molecule has 2 saturated carbocycles. The third kappa shape index (κ3) is 2.31. The van der Waals surface area contributed by atoms with Gasteiger partial charge >= 0.3 is 0 Å². The standard InChI is InChI=1S/C22H30Cl2O2/c1-13-10-14-11-15(25)6-8-20(14,2)16-7-9-21(3)17(19(13)16)4-5-18(24)22(21,26)12-23/h5,11,13,16-17,19,26H,4,6-10,12H2,1-3H3/t13-,16+,17+,19-,20+,21+,22+/m1/s1. The first-order valence-corrected chi connectivity index (χ1v) is 11.0. The normalized spacial score (nSPS) is 50.9. The Kier molecular flexibility index (Phi) is 4.46. The van der Waals surface area contributed by atoms with Crippen molar-refractivity contribution in [3.05, 3.63) is 22.8 Å². The highest BCUT2D eigenvalue weighted by molar-refractivity contribution is 6.32. The van der Waals surface area contributed by atoms with Crippen LogP contribution in [0.3, 0.4) is 0 Å². The van der Waals surface area contributed by atoms with E-state index in [0.717, 1.165) is 32.1 Å². The Labute approximate surface area is 167 Å². The van der Waals surface area contributed by atoms with E-state index in [-0.39, 0.29) is 16.7 Å². The Morgan fingerprint density at radius 1 is 1.27 bits per heavy atom. The van der Waals surface area contributed by atoms with Crippen molar-refractivity contribution in [1.29, 1.82) is 0 Å². The second-order valence-corrected chi connectivity index (χ2v) is 10.4. The highest BCUT2D eigenvalue weighted by Crippen LogP contribution is 2.67. The summed E-state index contributed by atoms with van der Waals surface area (Å²) in [5.74, 6) is 2.47. The van der Waals surface area contributed by atoms with Crippen molar-refractivity contribution >= 4 is 29.0 Å². The number of hydrogen-bond donors (Lipinski definition) is 1. The molecule has 4 aliphatic carbocycles. The molecule has 0 aromatic heterocycles. The van der Waals surface area contributed by atoms with Crippen molar-refractivity contribution in [3.63, 3.8) is 0 Å². The van der Waals surface area contributed by atoms with E-state index < -0.39 is 5.60 Å². The van der Waals surface area contributed by atoms with Gasteiger partial charge in [0.05, 0.1) is 5.88 Å². The maximum absolute atomic E-state index is 12.0. The van der Waals surface area contributed by atoms with E-state index in [2.05, 4.69) is 20.8 Å². The van der Waals surface area contributed by atoms with Crippen LogP contribution in [-0.2, 0) is 4.79 Å². The van der Waals surface area contributed by atoms with Crippen LogP contribution in [0.5, 0.6) is 0 Å². The van der Waals surface area contributed by atoms with Crippen LogP contribution in [0.2, 0.25) is 0 Å². The van der Waals surface area contributed by atoms with Crippen LogP contribution < -0.4 is 0 Å². The molecule has 4 aliphatic rings. The maximum Gasteiger partial charge on any atom is 0.155 e. The van der Waals surface area contributed by atoms with E-state index in [0.29, 0.717) is 40.9 Å². The molecule has 7 atom stereocenters. The van der Waals surface area contributed by atoms with Crippen molar-refractivity contribution in [2.24, 2.45) is 34.5 Å². The van der Waals surface area contributed by atoms with Gasteiger partial charge in [0, 0.05) is 16.9 Å². The van der Waals surface area contributed by atoms with Gasteiger partial charge < -0.3 is 5.11 Å². The zero-order valence-corrected chi connectivity index (χ0v) is 17.5. The van der Waals surface area contributed by atoms with Crippen LogP contribution in [-0.4, -0.2) is 22.4 Å². The van der Waals surface area contributed by atoms with Crippen molar-refractivity contribution in [3.8, 4) is 0 Å². The number of allylic oxidation sites excluding steroid dienone is 3. The minimum atomic E-state index is -1.12. The number of alkyl halides is 1. The molecule has 0 saturated heterocycles. The van der Waals surface area contributed by atoms with E-state index in [1.54, 1.807) is 0 Å². The van der Waals surface area contributed by atoms with Gasteiger partial charge in [-0.3, -0.25) is 4.79 Å². The summed E-state index contributed by atoms with van der Waals surface area (Å²) in [5.41, 5.74) is 0.112. The Bertz CT molecular complexity index is 698. The molecule has 0 bridgehead atoms. The highest BCUT2D eigenvalue weighted by Gasteiger charge is 2.63. The van der Waals surface area contributed by atoms with Crippen LogP contribution in [0.4, 0.5) is 0 Å². The van der Waals surface area contributed by atoms with Gasteiger partial charge in [0.25, 0.3) is 0 Å². The van der Waals surface area contributed by atoms with Gasteiger partial charge in [0.15, 0.2) is 5.78 Å². The SMILES string of the molecule is C[C@@H]1CC2=CC(=O)CC[C@]2(C)[C@H]2CC[C@@]3(C)[C@@H](CC=C(Cl)[C@@]3(O)CCl)[C@H]12. The summed E-state index contributed by atoms with van der Waals surface area (Å²) in [6.07, 6.45) is 9.58. The predicted octanol–water partition coefficient (Wildman–Crippen LogP) is 5.47. The lowest BCUT2D eigenvalue weighted by molar-refractivity contribution is -0.153. The Morgan fingerprint density at radius 2 is 2.00 bits per heavy atom. The van der Waals surface area contributed by atoms with Gasteiger partial charge in [-0.15, -0.1) is 11.6 Å². The first kappa shape index (κ1) is 19.0. The Balaban J connectivity index is 1.78. The molecule has 1 N–H and O–H groups in total. The largest absolute Gasteiger partial charge is 0.382 e. The second-order valence-electron chi connectivity index (χ2n) is 9.76. The van der Waals surface area contributed by atoms with Gasteiger partial charge in [-0.25, -0.2) is 0 Å².